The molecule has 0 aliphatic rings. The minimum Gasteiger partial charge on any atom is -0.298 e. The Bertz CT molecular complexity index is 693. The molecule has 114 valence electrons. The first kappa shape index (κ1) is 16.2. The minimum atomic E-state index is 0.149. The van der Waals surface area contributed by atoms with E-state index in [1.807, 2.05) is 24.3 Å². The number of aryl methyl sites for hydroxylation is 1. The second-order valence-electron chi connectivity index (χ2n) is 6.45. The molecule has 2 rings (SSSR count). The normalized spacial score (nSPS) is 11.8. The molecule has 0 saturated heterocycles. The second kappa shape index (κ2) is 6.74. The van der Waals surface area contributed by atoms with E-state index >= 15 is 0 Å². The van der Waals surface area contributed by atoms with Crippen LogP contribution in [0.5, 0.6) is 0 Å². The van der Waals surface area contributed by atoms with Crippen molar-refractivity contribution in [2.45, 2.75) is 39.5 Å². The monoisotopic (exact) mass is 292 g/mol. The zero-order valence-corrected chi connectivity index (χ0v) is 13.9. The van der Waals surface area contributed by atoms with Crippen LogP contribution in [-0.2, 0) is 5.41 Å². The highest BCUT2D eigenvalue weighted by atomic mass is 16.1. The molecule has 1 nitrogen and oxygen atoms in total. The van der Waals surface area contributed by atoms with Crippen molar-refractivity contribution in [3.63, 3.8) is 0 Å². The molecule has 0 aliphatic heterocycles. The number of hydrogen-bond acceptors (Lipinski definition) is 1. The van der Waals surface area contributed by atoms with Crippen LogP contribution < -0.4 is 0 Å². The van der Waals surface area contributed by atoms with Gasteiger partial charge in [0.1, 0.15) is 6.29 Å². The lowest BCUT2D eigenvalue weighted by atomic mass is 9.79. The van der Waals surface area contributed by atoms with Crippen LogP contribution in [0.25, 0.3) is 12.2 Å². The lowest BCUT2D eigenvalue weighted by molar-refractivity contribution is 0.112. The molecule has 2 aromatic carbocycles. The summed E-state index contributed by atoms with van der Waals surface area (Å²) >= 11 is 0. The summed E-state index contributed by atoms with van der Waals surface area (Å²) in [5.41, 5.74) is 5.81. The third-order valence-electron chi connectivity index (χ3n) is 4.32. The highest BCUT2D eigenvalue weighted by Gasteiger charge is 2.20. The molecular formula is C21H24O. The molecule has 0 radical (unpaired) electrons. The van der Waals surface area contributed by atoms with Crippen molar-refractivity contribution in [2.75, 3.05) is 0 Å². The van der Waals surface area contributed by atoms with Gasteiger partial charge in [0.25, 0.3) is 0 Å². The minimum absolute atomic E-state index is 0.149. The average molecular weight is 292 g/mol. The third kappa shape index (κ3) is 3.73. The van der Waals surface area contributed by atoms with Gasteiger partial charge in [0.2, 0.25) is 0 Å². The van der Waals surface area contributed by atoms with Crippen LogP contribution in [0.15, 0.2) is 42.5 Å². The van der Waals surface area contributed by atoms with Crippen LogP contribution >= 0.6 is 0 Å². The zero-order valence-electron chi connectivity index (χ0n) is 13.9. The number of carbonyl (C=O) groups excluding carboxylic acids is 1. The molecular weight excluding hydrogens is 268 g/mol. The van der Waals surface area contributed by atoms with Gasteiger partial charge in [-0.25, -0.2) is 0 Å². The van der Waals surface area contributed by atoms with Crippen molar-refractivity contribution in [1.82, 2.24) is 0 Å². The van der Waals surface area contributed by atoms with Gasteiger partial charge in [0.15, 0.2) is 0 Å². The highest BCUT2D eigenvalue weighted by Crippen LogP contribution is 2.31. The maximum absolute atomic E-state index is 10.9. The van der Waals surface area contributed by atoms with E-state index in [4.69, 9.17) is 0 Å². The predicted octanol–water partition coefficient (Wildman–Crippen LogP) is 5.67. The fourth-order valence-electron chi connectivity index (χ4n) is 2.51. The molecule has 0 aliphatic carbocycles. The summed E-state index contributed by atoms with van der Waals surface area (Å²) in [7, 11) is 0. The number of carbonyl (C=O) groups is 1. The number of hydrogen-bond donors (Lipinski definition) is 0. The largest absolute Gasteiger partial charge is 0.298 e. The molecule has 0 N–H and O–H groups in total. The van der Waals surface area contributed by atoms with Gasteiger partial charge in [-0.2, -0.15) is 0 Å². The molecule has 0 unspecified atom stereocenters. The standard InChI is InChI=1S/C21H24O/c1-5-21(3,4)20-13-16(2)9-11-19(20)12-10-17-7-6-8-18(14-17)15-22/h6-15H,5H2,1-4H3. The molecule has 0 atom stereocenters. The molecule has 0 aromatic heterocycles. The summed E-state index contributed by atoms with van der Waals surface area (Å²) < 4.78 is 0. The Morgan fingerprint density at radius 2 is 1.73 bits per heavy atom. The summed E-state index contributed by atoms with van der Waals surface area (Å²) in [5, 5.41) is 0. The Balaban J connectivity index is 2.40. The fraction of sp³-hybridized carbons (Fsp3) is 0.286. The van der Waals surface area contributed by atoms with Crippen molar-refractivity contribution < 1.29 is 4.79 Å². The molecule has 0 amide bonds. The molecule has 0 bridgehead atoms. The summed E-state index contributed by atoms with van der Waals surface area (Å²) in [6, 6.07) is 14.3. The maximum Gasteiger partial charge on any atom is 0.150 e. The first-order valence-electron chi connectivity index (χ1n) is 7.81. The van der Waals surface area contributed by atoms with E-state index in [0.29, 0.717) is 5.56 Å². The van der Waals surface area contributed by atoms with Crippen LogP contribution in [0.1, 0.15) is 59.8 Å². The van der Waals surface area contributed by atoms with E-state index in [0.717, 1.165) is 18.3 Å². The van der Waals surface area contributed by atoms with E-state index in [1.165, 1.54) is 16.7 Å². The van der Waals surface area contributed by atoms with Gasteiger partial charge in [-0.05, 0) is 41.5 Å². The Hall–Kier alpha value is -2.15. The average Bonchev–Trinajstić information content (AvgIpc) is 2.53. The topological polar surface area (TPSA) is 17.1 Å². The number of aldehydes is 1. The van der Waals surface area contributed by atoms with Gasteiger partial charge in [-0.3, -0.25) is 4.79 Å². The molecule has 2 aromatic rings. The van der Waals surface area contributed by atoms with E-state index < -0.39 is 0 Å². The number of benzene rings is 2. The molecule has 0 heterocycles. The second-order valence-corrected chi connectivity index (χ2v) is 6.45. The SMILES string of the molecule is CCC(C)(C)c1cc(C)ccc1C=Cc1cccc(C=O)c1. The number of rotatable bonds is 5. The summed E-state index contributed by atoms with van der Waals surface area (Å²) in [6.07, 6.45) is 6.20. The first-order chi connectivity index (χ1) is 10.5. The Labute approximate surface area is 133 Å². The molecule has 0 fully saturated rings. The van der Waals surface area contributed by atoms with Gasteiger partial charge in [-0.1, -0.05) is 74.9 Å². The van der Waals surface area contributed by atoms with E-state index in [9.17, 15) is 4.79 Å². The van der Waals surface area contributed by atoms with Crippen LogP contribution in [0.2, 0.25) is 0 Å². The van der Waals surface area contributed by atoms with Crippen molar-refractivity contribution in [3.05, 3.63) is 70.3 Å². The zero-order chi connectivity index (χ0) is 16.2. The Morgan fingerprint density at radius 3 is 2.41 bits per heavy atom. The van der Waals surface area contributed by atoms with Crippen LogP contribution in [0, 0.1) is 6.92 Å². The van der Waals surface area contributed by atoms with Crippen molar-refractivity contribution in [1.29, 1.82) is 0 Å². The molecule has 1 heteroatoms. The van der Waals surface area contributed by atoms with Gasteiger partial charge in [0, 0.05) is 5.56 Å². The Morgan fingerprint density at radius 1 is 1.00 bits per heavy atom. The van der Waals surface area contributed by atoms with Crippen LogP contribution in [0.4, 0.5) is 0 Å². The quantitative estimate of drug-likeness (QED) is 0.513. The molecule has 0 spiro atoms. The van der Waals surface area contributed by atoms with Crippen molar-refractivity contribution >= 4 is 18.4 Å². The lowest BCUT2D eigenvalue weighted by Gasteiger charge is -2.26. The van der Waals surface area contributed by atoms with E-state index in [1.54, 1.807) is 0 Å². The van der Waals surface area contributed by atoms with E-state index in [2.05, 4.69) is 58.0 Å². The Kier molecular flexibility index (Phi) is 4.97. The lowest BCUT2D eigenvalue weighted by Crippen LogP contribution is -2.17. The third-order valence-corrected chi connectivity index (χ3v) is 4.32. The van der Waals surface area contributed by atoms with Crippen molar-refractivity contribution in [2.24, 2.45) is 0 Å². The van der Waals surface area contributed by atoms with E-state index in [-0.39, 0.29) is 5.41 Å². The molecule has 0 saturated carbocycles. The predicted molar refractivity (Wildman–Crippen MR) is 95.3 cm³/mol. The van der Waals surface area contributed by atoms with Crippen LogP contribution in [0.3, 0.4) is 0 Å². The van der Waals surface area contributed by atoms with Gasteiger partial charge >= 0.3 is 0 Å². The smallest absolute Gasteiger partial charge is 0.150 e. The first-order valence-corrected chi connectivity index (χ1v) is 7.81. The summed E-state index contributed by atoms with van der Waals surface area (Å²) in [4.78, 5) is 10.9. The maximum atomic E-state index is 10.9. The fourth-order valence-corrected chi connectivity index (χ4v) is 2.51. The van der Waals surface area contributed by atoms with Crippen LogP contribution in [-0.4, -0.2) is 6.29 Å². The van der Waals surface area contributed by atoms with Crippen molar-refractivity contribution in [3.8, 4) is 0 Å². The summed E-state index contributed by atoms with van der Waals surface area (Å²) in [5.74, 6) is 0. The summed E-state index contributed by atoms with van der Waals surface area (Å²) in [6.45, 7) is 8.93. The molecule has 22 heavy (non-hydrogen) atoms. The highest BCUT2D eigenvalue weighted by molar-refractivity contribution is 5.78. The van der Waals surface area contributed by atoms with Gasteiger partial charge in [-0.15, -0.1) is 0 Å². The van der Waals surface area contributed by atoms with Gasteiger partial charge < -0.3 is 0 Å². The van der Waals surface area contributed by atoms with Gasteiger partial charge in [0.05, 0.1) is 0 Å².